The summed E-state index contributed by atoms with van der Waals surface area (Å²) < 4.78 is 1.75. The summed E-state index contributed by atoms with van der Waals surface area (Å²) in [6.45, 7) is 0. The molecule has 0 bridgehead atoms. The molecule has 2 heterocycles. The molecular weight excluding hydrogens is 238 g/mol. The van der Waals surface area contributed by atoms with Crippen LogP contribution < -0.4 is 0 Å². The van der Waals surface area contributed by atoms with Gasteiger partial charge in [-0.2, -0.15) is 5.10 Å². The standard InChI is InChI=1S/C15H13N3O/c1-18-10-11(9-16-18)5-7-13-8-6-12-3-2-4-14(19)15(12)17-13/h2-10,19H,1H3. The Morgan fingerprint density at radius 3 is 2.84 bits per heavy atom. The number of para-hydroxylation sites is 1. The maximum atomic E-state index is 9.78. The summed E-state index contributed by atoms with van der Waals surface area (Å²) in [6.07, 6.45) is 7.56. The van der Waals surface area contributed by atoms with E-state index < -0.39 is 0 Å². The fraction of sp³-hybridized carbons (Fsp3) is 0.0667. The second-order valence-electron chi connectivity index (χ2n) is 4.37. The van der Waals surface area contributed by atoms with Crippen LogP contribution in [-0.2, 0) is 7.05 Å². The van der Waals surface area contributed by atoms with Crippen LogP contribution in [-0.4, -0.2) is 19.9 Å². The van der Waals surface area contributed by atoms with Gasteiger partial charge in [0.25, 0.3) is 0 Å². The van der Waals surface area contributed by atoms with Crippen molar-refractivity contribution in [2.75, 3.05) is 0 Å². The minimum absolute atomic E-state index is 0.203. The third-order valence-electron chi connectivity index (χ3n) is 2.89. The number of nitrogens with zero attached hydrogens (tertiary/aromatic N) is 3. The van der Waals surface area contributed by atoms with Crippen molar-refractivity contribution in [1.29, 1.82) is 0 Å². The maximum absolute atomic E-state index is 9.78. The van der Waals surface area contributed by atoms with E-state index in [1.807, 2.05) is 49.7 Å². The van der Waals surface area contributed by atoms with Gasteiger partial charge >= 0.3 is 0 Å². The lowest BCUT2D eigenvalue weighted by Gasteiger charge is -2.00. The molecular formula is C15H13N3O. The molecule has 0 aliphatic carbocycles. The Morgan fingerprint density at radius 2 is 2.05 bits per heavy atom. The molecule has 94 valence electrons. The van der Waals surface area contributed by atoms with Crippen molar-refractivity contribution >= 4 is 23.1 Å². The van der Waals surface area contributed by atoms with Crippen molar-refractivity contribution < 1.29 is 5.11 Å². The number of hydrogen-bond acceptors (Lipinski definition) is 3. The highest BCUT2D eigenvalue weighted by atomic mass is 16.3. The average Bonchev–Trinajstić information content (AvgIpc) is 2.83. The predicted molar refractivity (Wildman–Crippen MR) is 75.5 cm³/mol. The number of phenolic OH excluding ortho intramolecular Hbond substituents is 1. The SMILES string of the molecule is Cn1cc(C=Cc2ccc3cccc(O)c3n2)cn1. The molecule has 1 aromatic carbocycles. The highest BCUT2D eigenvalue weighted by Crippen LogP contribution is 2.22. The molecule has 0 aliphatic heterocycles. The number of hydrogen-bond donors (Lipinski definition) is 1. The number of aryl methyl sites for hydroxylation is 1. The molecule has 0 unspecified atom stereocenters. The summed E-state index contributed by atoms with van der Waals surface area (Å²) in [5, 5.41) is 14.8. The number of pyridine rings is 1. The van der Waals surface area contributed by atoms with E-state index in [1.165, 1.54) is 0 Å². The summed E-state index contributed by atoms with van der Waals surface area (Å²) in [7, 11) is 1.88. The Morgan fingerprint density at radius 1 is 1.16 bits per heavy atom. The van der Waals surface area contributed by atoms with Crippen LogP contribution in [0, 0.1) is 0 Å². The number of benzene rings is 1. The van der Waals surface area contributed by atoms with Crippen LogP contribution in [0.25, 0.3) is 23.1 Å². The highest BCUT2D eigenvalue weighted by molar-refractivity contribution is 5.85. The van der Waals surface area contributed by atoms with Gasteiger partial charge in [0.05, 0.1) is 11.9 Å². The van der Waals surface area contributed by atoms with Crippen molar-refractivity contribution in [2.45, 2.75) is 0 Å². The number of phenols is 1. The van der Waals surface area contributed by atoms with Crippen LogP contribution in [0.1, 0.15) is 11.3 Å². The van der Waals surface area contributed by atoms with Crippen molar-refractivity contribution in [3.05, 3.63) is 54.0 Å². The lowest BCUT2D eigenvalue weighted by Crippen LogP contribution is -1.84. The minimum atomic E-state index is 0.203. The molecule has 0 aliphatic rings. The van der Waals surface area contributed by atoms with Gasteiger partial charge in [-0.1, -0.05) is 18.2 Å². The van der Waals surface area contributed by atoms with Crippen molar-refractivity contribution in [2.24, 2.45) is 7.05 Å². The zero-order valence-corrected chi connectivity index (χ0v) is 10.5. The van der Waals surface area contributed by atoms with E-state index in [2.05, 4.69) is 10.1 Å². The van der Waals surface area contributed by atoms with Crippen LogP contribution >= 0.6 is 0 Å². The summed E-state index contributed by atoms with van der Waals surface area (Å²) in [5.74, 6) is 0.203. The normalized spacial score (nSPS) is 11.4. The number of aromatic hydroxyl groups is 1. The lowest BCUT2D eigenvalue weighted by molar-refractivity contribution is 0.480. The Labute approximate surface area is 110 Å². The van der Waals surface area contributed by atoms with E-state index in [-0.39, 0.29) is 5.75 Å². The zero-order valence-electron chi connectivity index (χ0n) is 10.5. The zero-order chi connectivity index (χ0) is 13.2. The van der Waals surface area contributed by atoms with Gasteiger partial charge in [0.15, 0.2) is 0 Å². The van der Waals surface area contributed by atoms with Crippen LogP contribution in [0.5, 0.6) is 5.75 Å². The van der Waals surface area contributed by atoms with Crippen LogP contribution in [0.15, 0.2) is 42.7 Å². The van der Waals surface area contributed by atoms with Crippen molar-refractivity contribution in [3.63, 3.8) is 0 Å². The highest BCUT2D eigenvalue weighted by Gasteiger charge is 2.00. The molecule has 0 amide bonds. The molecule has 3 aromatic rings. The van der Waals surface area contributed by atoms with E-state index in [1.54, 1.807) is 16.9 Å². The molecule has 0 atom stereocenters. The molecule has 4 heteroatoms. The molecule has 0 radical (unpaired) electrons. The first-order valence-corrected chi connectivity index (χ1v) is 5.98. The second kappa shape index (κ2) is 4.57. The molecule has 4 nitrogen and oxygen atoms in total. The molecule has 2 aromatic heterocycles. The first-order valence-electron chi connectivity index (χ1n) is 5.98. The van der Waals surface area contributed by atoms with E-state index in [0.29, 0.717) is 5.52 Å². The van der Waals surface area contributed by atoms with E-state index in [9.17, 15) is 5.11 Å². The summed E-state index contributed by atoms with van der Waals surface area (Å²) in [4.78, 5) is 4.43. The first-order chi connectivity index (χ1) is 9.22. The van der Waals surface area contributed by atoms with E-state index >= 15 is 0 Å². The molecule has 0 spiro atoms. The van der Waals surface area contributed by atoms with Gasteiger partial charge in [-0.25, -0.2) is 4.98 Å². The van der Waals surface area contributed by atoms with Crippen molar-refractivity contribution in [3.8, 4) is 5.75 Å². The van der Waals surface area contributed by atoms with Crippen LogP contribution in [0.4, 0.5) is 0 Å². The van der Waals surface area contributed by atoms with Gasteiger partial charge in [-0.15, -0.1) is 0 Å². The van der Waals surface area contributed by atoms with Gasteiger partial charge in [0, 0.05) is 24.2 Å². The molecule has 0 saturated carbocycles. The van der Waals surface area contributed by atoms with Crippen LogP contribution in [0.2, 0.25) is 0 Å². The minimum Gasteiger partial charge on any atom is -0.506 e. The van der Waals surface area contributed by atoms with Crippen LogP contribution in [0.3, 0.4) is 0 Å². The Hall–Kier alpha value is -2.62. The number of fused-ring (bicyclic) bond motifs is 1. The molecule has 0 saturated heterocycles. The van der Waals surface area contributed by atoms with Crippen molar-refractivity contribution in [1.82, 2.24) is 14.8 Å². The first kappa shape index (κ1) is 11.5. The third kappa shape index (κ3) is 2.33. The Balaban J connectivity index is 1.97. The smallest absolute Gasteiger partial charge is 0.141 e. The topological polar surface area (TPSA) is 50.9 Å². The molecule has 1 N–H and O–H groups in total. The summed E-state index contributed by atoms with van der Waals surface area (Å²) in [5.41, 5.74) is 2.44. The second-order valence-corrected chi connectivity index (χ2v) is 4.37. The quantitative estimate of drug-likeness (QED) is 0.762. The van der Waals surface area contributed by atoms with Gasteiger partial charge in [0.2, 0.25) is 0 Å². The lowest BCUT2D eigenvalue weighted by atomic mass is 10.2. The average molecular weight is 251 g/mol. The molecule has 19 heavy (non-hydrogen) atoms. The maximum Gasteiger partial charge on any atom is 0.141 e. The fourth-order valence-corrected chi connectivity index (χ4v) is 1.95. The number of aromatic nitrogens is 3. The largest absolute Gasteiger partial charge is 0.506 e. The monoisotopic (exact) mass is 251 g/mol. The van der Waals surface area contributed by atoms with Gasteiger partial charge in [-0.3, -0.25) is 4.68 Å². The van der Waals surface area contributed by atoms with Gasteiger partial charge in [-0.05, 0) is 24.3 Å². The van der Waals surface area contributed by atoms with Gasteiger partial charge in [0.1, 0.15) is 11.3 Å². The molecule has 3 rings (SSSR count). The number of rotatable bonds is 2. The summed E-state index contributed by atoms with van der Waals surface area (Å²) >= 11 is 0. The van der Waals surface area contributed by atoms with E-state index in [4.69, 9.17) is 0 Å². The fourth-order valence-electron chi connectivity index (χ4n) is 1.95. The third-order valence-corrected chi connectivity index (χ3v) is 2.89. The van der Waals surface area contributed by atoms with Gasteiger partial charge < -0.3 is 5.11 Å². The predicted octanol–water partition coefficient (Wildman–Crippen LogP) is 2.84. The summed E-state index contributed by atoms with van der Waals surface area (Å²) in [6, 6.07) is 9.25. The molecule has 0 fully saturated rings. The Bertz CT molecular complexity index is 759. The Kier molecular flexibility index (Phi) is 2.76. The van der Waals surface area contributed by atoms with E-state index in [0.717, 1.165) is 16.6 Å².